The molecule has 0 spiro atoms. The summed E-state index contributed by atoms with van der Waals surface area (Å²) in [6.07, 6.45) is 3.34. The van der Waals surface area contributed by atoms with Crippen molar-refractivity contribution in [1.29, 1.82) is 0 Å². The fourth-order valence-electron chi connectivity index (χ4n) is 3.66. The molecule has 1 N–H and O–H groups in total. The van der Waals surface area contributed by atoms with Crippen LogP contribution in [0.5, 0.6) is 0 Å². The molecule has 2 heterocycles. The van der Waals surface area contributed by atoms with Crippen LogP contribution in [0.4, 0.5) is 21.6 Å². The number of nitrogens with one attached hydrogen (secondary N) is 1. The molecule has 0 saturated carbocycles. The minimum atomic E-state index is -0.227. The highest BCUT2D eigenvalue weighted by Gasteiger charge is 2.22. The summed E-state index contributed by atoms with van der Waals surface area (Å²) in [6.45, 7) is 7.15. The Hall–Kier alpha value is -3.13. The molecule has 1 aromatic heterocycles. The van der Waals surface area contributed by atoms with E-state index in [1.807, 2.05) is 44.2 Å². The number of carbonyl (C=O) groups is 1. The Balaban J connectivity index is 1.36. The normalized spacial score (nSPS) is 13.8. The maximum atomic E-state index is 13.2. The van der Waals surface area contributed by atoms with E-state index in [2.05, 4.69) is 25.1 Å². The van der Waals surface area contributed by atoms with Gasteiger partial charge >= 0.3 is 0 Å². The zero-order chi connectivity index (χ0) is 22.5. The van der Waals surface area contributed by atoms with Crippen LogP contribution in [0, 0.1) is 19.7 Å². The molecule has 4 rings (SSSR count). The van der Waals surface area contributed by atoms with Crippen LogP contribution in [0.2, 0.25) is 0 Å². The number of hydrogen-bond donors (Lipinski definition) is 1. The third kappa shape index (κ3) is 5.37. The highest BCUT2D eigenvalue weighted by Crippen LogP contribution is 2.28. The van der Waals surface area contributed by atoms with Crippen LogP contribution in [-0.2, 0) is 4.79 Å². The molecule has 1 aliphatic heterocycles. The highest BCUT2D eigenvalue weighted by molar-refractivity contribution is 8.00. The lowest BCUT2D eigenvalue weighted by Gasteiger charge is -2.37. The van der Waals surface area contributed by atoms with E-state index in [0.717, 1.165) is 59.5 Å². The van der Waals surface area contributed by atoms with Gasteiger partial charge in [-0.05, 0) is 55.3 Å². The van der Waals surface area contributed by atoms with E-state index in [0.29, 0.717) is 0 Å². The molecule has 1 fully saturated rings. The Labute approximate surface area is 191 Å². The van der Waals surface area contributed by atoms with Gasteiger partial charge in [-0.2, -0.15) is 0 Å². The van der Waals surface area contributed by atoms with Crippen LogP contribution in [0.15, 0.2) is 59.9 Å². The second-order valence-electron chi connectivity index (χ2n) is 7.79. The average molecular weight is 452 g/mol. The van der Waals surface area contributed by atoms with Gasteiger partial charge in [0.2, 0.25) is 5.91 Å². The van der Waals surface area contributed by atoms with Gasteiger partial charge in [-0.3, -0.25) is 4.79 Å². The molecule has 6 nitrogen and oxygen atoms in total. The topological polar surface area (TPSA) is 61.4 Å². The van der Waals surface area contributed by atoms with Gasteiger partial charge in [0, 0.05) is 49.9 Å². The number of aryl methyl sites for hydroxylation is 2. The summed E-state index contributed by atoms with van der Waals surface area (Å²) >= 11 is 1.39. The molecule has 0 unspecified atom stereocenters. The van der Waals surface area contributed by atoms with Crippen molar-refractivity contribution < 1.29 is 9.18 Å². The number of carbonyl (C=O) groups excluding carboxylic acids is 1. The Bertz CT molecular complexity index is 1080. The standard InChI is InChI=1S/C24H26FN5OS/c1-17-3-4-18(2)21(15-17)28-22(31)16-32-24-23(26-9-10-27-24)30-13-11-29(12-14-30)20-7-5-19(25)6-8-20/h3-10,15H,11-14,16H2,1-2H3,(H,28,31). The molecule has 1 saturated heterocycles. The molecule has 3 aromatic rings. The van der Waals surface area contributed by atoms with Gasteiger partial charge in [0.15, 0.2) is 5.82 Å². The Morgan fingerprint density at radius 1 is 1.00 bits per heavy atom. The molecule has 1 amide bonds. The lowest BCUT2D eigenvalue weighted by molar-refractivity contribution is -0.113. The van der Waals surface area contributed by atoms with E-state index in [-0.39, 0.29) is 17.5 Å². The lowest BCUT2D eigenvalue weighted by Crippen LogP contribution is -2.47. The van der Waals surface area contributed by atoms with Gasteiger partial charge in [0.25, 0.3) is 0 Å². The van der Waals surface area contributed by atoms with Crippen LogP contribution >= 0.6 is 11.8 Å². The molecule has 0 atom stereocenters. The molecule has 0 bridgehead atoms. The number of amides is 1. The van der Waals surface area contributed by atoms with E-state index < -0.39 is 0 Å². The number of nitrogens with zero attached hydrogens (tertiary/aromatic N) is 4. The van der Waals surface area contributed by atoms with Crippen LogP contribution in [0.25, 0.3) is 0 Å². The Morgan fingerprint density at radius 2 is 1.69 bits per heavy atom. The summed E-state index contributed by atoms with van der Waals surface area (Å²) < 4.78 is 13.2. The zero-order valence-electron chi connectivity index (χ0n) is 18.2. The number of aromatic nitrogens is 2. The number of thioether (sulfide) groups is 1. The summed E-state index contributed by atoms with van der Waals surface area (Å²) in [7, 11) is 0. The quantitative estimate of drug-likeness (QED) is 0.564. The smallest absolute Gasteiger partial charge is 0.234 e. The Morgan fingerprint density at radius 3 is 2.44 bits per heavy atom. The molecular formula is C24H26FN5OS. The van der Waals surface area contributed by atoms with Gasteiger partial charge in [0.1, 0.15) is 10.8 Å². The first-order valence-corrected chi connectivity index (χ1v) is 11.5. The summed E-state index contributed by atoms with van der Waals surface area (Å²) in [5.41, 5.74) is 4.00. The van der Waals surface area contributed by atoms with Crippen molar-refractivity contribution in [3.8, 4) is 0 Å². The van der Waals surface area contributed by atoms with E-state index in [9.17, 15) is 9.18 Å². The predicted octanol–water partition coefficient (Wildman–Crippen LogP) is 4.29. The number of hydrogen-bond acceptors (Lipinski definition) is 6. The van der Waals surface area contributed by atoms with Crippen molar-refractivity contribution >= 4 is 34.9 Å². The van der Waals surface area contributed by atoms with Crippen LogP contribution < -0.4 is 15.1 Å². The molecule has 1 aliphatic rings. The lowest BCUT2D eigenvalue weighted by atomic mass is 10.1. The van der Waals surface area contributed by atoms with Crippen LogP contribution in [0.3, 0.4) is 0 Å². The van der Waals surface area contributed by atoms with E-state index >= 15 is 0 Å². The first-order valence-electron chi connectivity index (χ1n) is 10.6. The van der Waals surface area contributed by atoms with Crippen molar-refractivity contribution in [2.75, 3.05) is 47.0 Å². The minimum Gasteiger partial charge on any atom is -0.368 e. The SMILES string of the molecule is Cc1ccc(C)c(NC(=O)CSc2nccnc2N2CCN(c3ccc(F)cc3)CC2)c1. The van der Waals surface area contributed by atoms with Crippen LogP contribution in [-0.4, -0.2) is 47.8 Å². The van der Waals surface area contributed by atoms with Crippen molar-refractivity contribution in [2.24, 2.45) is 0 Å². The highest BCUT2D eigenvalue weighted by atomic mass is 32.2. The molecular weight excluding hydrogens is 425 g/mol. The fraction of sp³-hybridized carbons (Fsp3) is 0.292. The summed E-state index contributed by atoms with van der Waals surface area (Å²) in [4.78, 5) is 26.0. The second kappa shape index (κ2) is 9.99. The summed E-state index contributed by atoms with van der Waals surface area (Å²) in [5, 5.41) is 3.74. The number of anilines is 3. The number of rotatable bonds is 6. The fourth-order valence-corrected chi connectivity index (χ4v) is 4.44. The van der Waals surface area contributed by atoms with Crippen molar-refractivity contribution in [1.82, 2.24) is 9.97 Å². The third-order valence-corrected chi connectivity index (χ3v) is 6.39. The third-order valence-electron chi connectivity index (χ3n) is 5.42. The maximum Gasteiger partial charge on any atom is 0.234 e. The molecule has 2 aromatic carbocycles. The second-order valence-corrected chi connectivity index (χ2v) is 8.75. The van der Waals surface area contributed by atoms with Gasteiger partial charge in [-0.25, -0.2) is 14.4 Å². The summed E-state index contributed by atoms with van der Waals surface area (Å²) in [6, 6.07) is 12.6. The maximum absolute atomic E-state index is 13.2. The molecule has 0 radical (unpaired) electrons. The van der Waals surface area contributed by atoms with E-state index in [1.165, 1.54) is 23.9 Å². The number of benzene rings is 2. The largest absolute Gasteiger partial charge is 0.368 e. The predicted molar refractivity (Wildman–Crippen MR) is 128 cm³/mol. The number of piperazine rings is 1. The Kier molecular flexibility index (Phi) is 6.90. The van der Waals surface area contributed by atoms with Gasteiger partial charge in [-0.15, -0.1) is 0 Å². The monoisotopic (exact) mass is 451 g/mol. The summed E-state index contributed by atoms with van der Waals surface area (Å²) in [5.74, 6) is 0.765. The van der Waals surface area contributed by atoms with Crippen LogP contribution in [0.1, 0.15) is 11.1 Å². The number of halogens is 1. The minimum absolute atomic E-state index is 0.0681. The first-order chi connectivity index (χ1) is 15.5. The van der Waals surface area contributed by atoms with Gasteiger partial charge in [-0.1, -0.05) is 23.9 Å². The van der Waals surface area contributed by atoms with Crippen molar-refractivity contribution in [3.05, 3.63) is 71.8 Å². The van der Waals surface area contributed by atoms with Crippen molar-refractivity contribution in [2.45, 2.75) is 18.9 Å². The molecule has 8 heteroatoms. The van der Waals surface area contributed by atoms with Crippen molar-refractivity contribution in [3.63, 3.8) is 0 Å². The average Bonchev–Trinajstić information content (AvgIpc) is 2.81. The first kappa shape index (κ1) is 22.1. The van der Waals surface area contributed by atoms with Gasteiger partial charge < -0.3 is 15.1 Å². The molecule has 0 aliphatic carbocycles. The van der Waals surface area contributed by atoms with Gasteiger partial charge in [0.05, 0.1) is 5.75 Å². The van der Waals surface area contributed by atoms with E-state index in [4.69, 9.17) is 0 Å². The molecule has 32 heavy (non-hydrogen) atoms. The molecule has 166 valence electrons. The zero-order valence-corrected chi connectivity index (χ0v) is 19.0. The van der Waals surface area contributed by atoms with E-state index in [1.54, 1.807) is 12.4 Å².